The van der Waals surface area contributed by atoms with Gasteiger partial charge in [0.1, 0.15) is 0 Å². The van der Waals surface area contributed by atoms with E-state index in [0.717, 1.165) is 12.0 Å². The number of hydrogen-bond donors (Lipinski definition) is 1. The van der Waals surface area contributed by atoms with Crippen molar-refractivity contribution >= 4 is 0 Å². The van der Waals surface area contributed by atoms with Crippen molar-refractivity contribution in [1.82, 2.24) is 10.2 Å². The minimum absolute atomic E-state index is 0.761. The Kier molecular flexibility index (Phi) is 6.26. The van der Waals surface area contributed by atoms with Crippen LogP contribution in [-0.2, 0) is 0 Å². The van der Waals surface area contributed by atoms with Gasteiger partial charge < -0.3 is 10.2 Å². The normalized spacial score (nSPS) is 23.6. The van der Waals surface area contributed by atoms with Gasteiger partial charge in [0, 0.05) is 6.04 Å². The lowest BCUT2D eigenvalue weighted by Crippen LogP contribution is -2.30. The maximum absolute atomic E-state index is 3.44. The fraction of sp³-hybridized carbons (Fsp3) is 1.00. The summed E-state index contributed by atoms with van der Waals surface area (Å²) in [5.41, 5.74) is 0. The number of hydrogen-bond acceptors (Lipinski definition) is 2. The van der Waals surface area contributed by atoms with Crippen LogP contribution in [0.15, 0.2) is 0 Å². The van der Waals surface area contributed by atoms with E-state index in [1.807, 2.05) is 0 Å². The Bertz CT molecular complexity index is 153. The van der Waals surface area contributed by atoms with Gasteiger partial charge in [-0.3, -0.25) is 0 Å². The van der Waals surface area contributed by atoms with Gasteiger partial charge >= 0.3 is 0 Å². The zero-order valence-electron chi connectivity index (χ0n) is 10.8. The molecule has 1 aliphatic rings. The quantitative estimate of drug-likeness (QED) is 0.697. The van der Waals surface area contributed by atoms with Crippen molar-refractivity contribution in [1.29, 1.82) is 0 Å². The van der Waals surface area contributed by atoms with Crippen LogP contribution in [0.25, 0.3) is 0 Å². The number of nitrogens with zero attached hydrogens (tertiary/aromatic N) is 1. The molecule has 0 bridgehead atoms. The summed E-state index contributed by atoms with van der Waals surface area (Å²) in [5, 5.41) is 3.44. The third-order valence-corrected chi connectivity index (χ3v) is 3.74. The van der Waals surface area contributed by atoms with Gasteiger partial charge in [-0.15, -0.1) is 0 Å². The Balaban J connectivity index is 2.02. The zero-order valence-corrected chi connectivity index (χ0v) is 10.8. The van der Waals surface area contributed by atoms with Crippen molar-refractivity contribution in [3.05, 3.63) is 0 Å². The number of rotatable bonds is 7. The van der Waals surface area contributed by atoms with Crippen molar-refractivity contribution in [2.75, 3.05) is 26.7 Å². The second-order valence-corrected chi connectivity index (χ2v) is 5.12. The van der Waals surface area contributed by atoms with E-state index in [1.165, 1.54) is 51.7 Å². The highest BCUT2D eigenvalue weighted by Crippen LogP contribution is 2.15. The summed E-state index contributed by atoms with van der Waals surface area (Å²) in [6, 6.07) is 0.761. The minimum Gasteiger partial charge on any atom is -0.316 e. The summed E-state index contributed by atoms with van der Waals surface area (Å²) in [6.07, 6.45) is 6.82. The highest BCUT2D eigenvalue weighted by molar-refractivity contribution is 4.72. The van der Waals surface area contributed by atoms with Crippen molar-refractivity contribution < 1.29 is 0 Å². The second-order valence-electron chi connectivity index (χ2n) is 5.12. The molecular weight excluding hydrogens is 184 g/mol. The van der Waals surface area contributed by atoms with Gasteiger partial charge in [-0.05, 0) is 65.2 Å². The van der Waals surface area contributed by atoms with Gasteiger partial charge in [0.15, 0.2) is 0 Å². The Morgan fingerprint density at radius 1 is 1.47 bits per heavy atom. The molecule has 0 aromatic heterocycles. The molecule has 0 aliphatic carbocycles. The molecule has 0 saturated carbocycles. The smallest absolute Gasteiger partial charge is 0.00637 e. The van der Waals surface area contributed by atoms with Crippen molar-refractivity contribution in [3.63, 3.8) is 0 Å². The Morgan fingerprint density at radius 3 is 2.87 bits per heavy atom. The summed E-state index contributed by atoms with van der Waals surface area (Å²) < 4.78 is 0. The van der Waals surface area contributed by atoms with Crippen molar-refractivity contribution in [2.24, 2.45) is 5.92 Å². The maximum Gasteiger partial charge on any atom is 0.00637 e. The topological polar surface area (TPSA) is 15.3 Å². The first-order valence-corrected chi connectivity index (χ1v) is 6.65. The van der Waals surface area contributed by atoms with Crippen LogP contribution < -0.4 is 5.32 Å². The summed E-state index contributed by atoms with van der Waals surface area (Å²) in [6.45, 7) is 8.40. The lowest BCUT2D eigenvalue weighted by Gasteiger charge is -2.24. The van der Waals surface area contributed by atoms with E-state index in [1.54, 1.807) is 0 Å². The van der Waals surface area contributed by atoms with Gasteiger partial charge in [-0.25, -0.2) is 0 Å². The Hall–Kier alpha value is -0.0800. The maximum atomic E-state index is 3.44. The fourth-order valence-electron chi connectivity index (χ4n) is 2.45. The van der Waals surface area contributed by atoms with Gasteiger partial charge in [0.2, 0.25) is 0 Å². The first-order chi connectivity index (χ1) is 7.24. The molecule has 2 heteroatoms. The Labute approximate surface area is 95.4 Å². The van der Waals surface area contributed by atoms with Gasteiger partial charge in [0.25, 0.3) is 0 Å². The molecule has 1 aliphatic heterocycles. The third-order valence-electron chi connectivity index (χ3n) is 3.74. The van der Waals surface area contributed by atoms with Crippen LogP contribution in [0, 0.1) is 5.92 Å². The van der Waals surface area contributed by atoms with E-state index in [0.29, 0.717) is 0 Å². The minimum atomic E-state index is 0.761. The van der Waals surface area contributed by atoms with E-state index in [4.69, 9.17) is 0 Å². The molecule has 1 heterocycles. The average molecular weight is 212 g/mol. The Morgan fingerprint density at radius 2 is 2.27 bits per heavy atom. The van der Waals surface area contributed by atoms with Crippen LogP contribution in [0.3, 0.4) is 0 Å². The first-order valence-electron chi connectivity index (χ1n) is 6.65. The average Bonchev–Trinajstić information content (AvgIpc) is 2.71. The molecule has 1 rings (SSSR count). The molecule has 0 aromatic carbocycles. The standard InChI is InChI=1S/C13H28N2/c1-4-6-12(2)15(3)10-5-7-13-8-9-14-11-13/h12-14H,4-11H2,1-3H3. The molecule has 1 N–H and O–H groups in total. The molecule has 1 fully saturated rings. The summed E-state index contributed by atoms with van der Waals surface area (Å²) >= 11 is 0. The first kappa shape index (κ1) is 13.0. The van der Waals surface area contributed by atoms with Gasteiger partial charge in [-0.1, -0.05) is 13.3 Å². The van der Waals surface area contributed by atoms with E-state index in [2.05, 4.69) is 31.1 Å². The molecule has 15 heavy (non-hydrogen) atoms. The van der Waals surface area contributed by atoms with E-state index < -0.39 is 0 Å². The largest absolute Gasteiger partial charge is 0.316 e. The van der Waals surface area contributed by atoms with E-state index in [-0.39, 0.29) is 0 Å². The molecule has 2 nitrogen and oxygen atoms in total. The molecule has 2 unspecified atom stereocenters. The molecule has 2 atom stereocenters. The van der Waals surface area contributed by atoms with Gasteiger partial charge in [0.05, 0.1) is 0 Å². The molecule has 0 spiro atoms. The second kappa shape index (κ2) is 7.24. The summed E-state index contributed by atoms with van der Waals surface area (Å²) in [5.74, 6) is 0.958. The summed E-state index contributed by atoms with van der Waals surface area (Å²) in [7, 11) is 2.27. The molecule has 0 amide bonds. The van der Waals surface area contributed by atoms with Crippen LogP contribution in [0.5, 0.6) is 0 Å². The predicted octanol–water partition coefficient (Wildman–Crippen LogP) is 2.50. The SMILES string of the molecule is CCCC(C)N(C)CCCC1CCNC1. The van der Waals surface area contributed by atoms with Crippen LogP contribution in [0.4, 0.5) is 0 Å². The van der Waals surface area contributed by atoms with Crippen LogP contribution in [0.2, 0.25) is 0 Å². The highest BCUT2D eigenvalue weighted by Gasteiger charge is 2.14. The van der Waals surface area contributed by atoms with Crippen LogP contribution in [0.1, 0.15) is 46.0 Å². The van der Waals surface area contributed by atoms with Crippen molar-refractivity contribution in [2.45, 2.75) is 52.0 Å². The predicted molar refractivity (Wildman–Crippen MR) is 67.2 cm³/mol. The molecule has 1 saturated heterocycles. The highest BCUT2D eigenvalue weighted by atomic mass is 15.1. The molecule has 0 radical (unpaired) electrons. The summed E-state index contributed by atoms with van der Waals surface area (Å²) in [4.78, 5) is 2.52. The van der Waals surface area contributed by atoms with Crippen LogP contribution in [-0.4, -0.2) is 37.6 Å². The zero-order chi connectivity index (χ0) is 11.1. The fourth-order valence-corrected chi connectivity index (χ4v) is 2.45. The number of nitrogens with one attached hydrogen (secondary N) is 1. The lowest BCUT2D eigenvalue weighted by atomic mass is 10.0. The molecular formula is C13H28N2. The third kappa shape index (κ3) is 4.98. The molecule has 90 valence electrons. The van der Waals surface area contributed by atoms with E-state index >= 15 is 0 Å². The van der Waals surface area contributed by atoms with Crippen molar-refractivity contribution in [3.8, 4) is 0 Å². The van der Waals surface area contributed by atoms with E-state index in [9.17, 15) is 0 Å². The molecule has 0 aromatic rings. The van der Waals surface area contributed by atoms with Gasteiger partial charge in [-0.2, -0.15) is 0 Å². The monoisotopic (exact) mass is 212 g/mol. The lowest BCUT2D eigenvalue weighted by molar-refractivity contribution is 0.235. The van der Waals surface area contributed by atoms with Crippen LogP contribution >= 0.6 is 0 Å².